The van der Waals surface area contributed by atoms with E-state index in [1.807, 2.05) is 0 Å². The van der Waals surface area contributed by atoms with E-state index < -0.39 is 23.3 Å². The van der Waals surface area contributed by atoms with E-state index in [0.717, 1.165) is 116 Å². The zero-order chi connectivity index (χ0) is 23.5. The first-order valence-corrected chi connectivity index (χ1v) is 13.7. The molecule has 33 heavy (non-hydrogen) atoms. The average molecular weight is 465 g/mol. The molecule has 3 aliphatic rings. The molecule has 3 fully saturated rings. The van der Waals surface area contributed by atoms with Gasteiger partial charge in [0.25, 0.3) is 5.41 Å². The van der Waals surface area contributed by atoms with Crippen LogP contribution in [-0.2, 0) is 28.6 Å². The number of esters is 3. The number of ether oxygens (including phenoxy) is 3. The Bertz CT molecular complexity index is 537. The molecule has 0 atom stereocenters. The Morgan fingerprint density at radius 1 is 0.515 bits per heavy atom. The summed E-state index contributed by atoms with van der Waals surface area (Å²) in [6.07, 6.45) is 16.7. The van der Waals surface area contributed by atoms with Crippen LogP contribution in [0.4, 0.5) is 0 Å². The van der Waals surface area contributed by atoms with Gasteiger partial charge in [0.15, 0.2) is 0 Å². The molecule has 0 bridgehead atoms. The lowest BCUT2D eigenvalue weighted by molar-refractivity contribution is -0.192. The summed E-state index contributed by atoms with van der Waals surface area (Å²) in [5.74, 6) is -2.31. The summed E-state index contributed by atoms with van der Waals surface area (Å²) in [5, 5.41) is 0. The second-order valence-corrected chi connectivity index (χ2v) is 10.3. The summed E-state index contributed by atoms with van der Waals surface area (Å²) < 4.78 is 17.6. The van der Waals surface area contributed by atoms with Crippen LogP contribution in [0, 0.1) is 5.41 Å². The first kappa shape index (κ1) is 26.0. The number of carbonyl (C=O) groups excluding carboxylic acids is 3. The van der Waals surface area contributed by atoms with Gasteiger partial charge in [0, 0.05) is 0 Å². The van der Waals surface area contributed by atoms with Crippen LogP contribution >= 0.6 is 0 Å². The highest BCUT2D eigenvalue weighted by Gasteiger charge is 2.57. The number of rotatable bonds is 7. The highest BCUT2D eigenvalue weighted by atomic mass is 16.6. The van der Waals surface area contributed by atoms with E-state index in [4.69, 9.17) is 14.2 Å². The number of hydrogen-bond acceptors (Lipinski definition) is 6. The molecule has 6 nitrogen and oxygen atoms in total. The van der Waals surface area contributed by atoms with Crippen molar-refractivity contribution in [2.75, 3.05) is 0 Å². The van der Waals surface area contributed by atoms with E-state index in [1.165, 1.54) is 0 Å². The molecule has 0 N–H and O–H groups in total. The van der Waals surface area contributed by atoms with Gasteiger partial charge in [-0.1, -0.05) is 45.4 Å². The molecule has 3 rings (SSSR count). The van der Waals surface area contributed by atoms with Crippen molar-refractivity contribution < 1.29 is 28.6 Å². The molecule has 188 valence electrons. The number of carbonyl (C=O) groups is 3. The Hall–Kier alpha value is -1.59. The molecule has 0 amide bonds. The second kappa shape index (κ2) is 13.3. The van der Waals surface area contributed by atoms with Gasteiger partial charge in [-0.3, -0.25) is 14.4 Å². The zero-order valence-corrected chi connectivity index (χ0v) is 20.6. The van der Waals surface area contributed by atoms with Crippen molar-refractivity contribution >= 4 is 17.9 Å². The maximum absolute atomic E-state index is 13.6. The lowest BCUT2D eigenvalue weighted by Gasteiger charge is -2.31. The zero-order valence-electron chi connectivity index (χ0n) is 20.6. The first-order valence-electron chi connectivity index (χ1n) is 13.7. The van der Waals surface area contributed by atoms with E-state index in [2.05, 4.69) is 0 Å². The van der Waals surface area contributed by atoms with E-state index in [0.29, 0.717) is 0 Å². The second-order valence-electron chi connectivity index (χ2n) is 10.3. The topological polar surface area (TPSA) is 78.9 Å². The molecule has 0 spiro atoms. The maximum Gasteiger partial charge on any atom is 0.335 e. The van der Waals surface area contributed by atoms with Crippen molar-refractivity contribution in [2.24, 2.45) is 5.41 Å². The molecule has 6 heteroatoms. The molecule has 0 radical (unpaired) electrons. The lowest BCUT2D eigenvalue weighted by Crippen LogP contribution is -2.51. The van der Waals surface area contributed by atoms with Crippen LogP contribution in [0.2, 0.25) is 0 Å². The van der Waals surface area contributed by atoms with E-state index in [9.17, 15) is 14.4 Å². The highest BCUT2D eigenvalue weighted by Crippen LogP contribution is 2.34. The summed E-state index contributed by atoms with van der Waals surface area (Å²) >= 11 is 0. The molecule has 0 aromatic carbocycles. The number of hydrogen-bond donors (Lipinski definition) is 0. The van der Waals surface area contributed by atoms with E-state index in [1.54, 1.807) is 6.92 Å². The summed E-state index contributed by atoms with van der Waals surface area (Å²) in [6, 6.07) is 0. The first-order chi connectivity index (χ1) is 16.1. The normalized spacial score (nSPS) is 22.5. The minimum absolute atomic E-state index is 0.00431. The van der Waals surface area contributed by atoms with Gasteiger partial charge in [0.1, 0.15) is 18.3 Å². The Morgan fingerprint density at radius 3 is 0.970 bits per heavy atom. The van der Waals surface area contributed by atoms with Crippen molar-refractivity contribution in [3.05, 3.63) is 0 Å². The Kier molecular flexibility index (Phi) is 10.5. The van der Waals surface area contributed by atoms with Gasteiger partial charge < -0.3 is 14.2 Å². The third-order valence-electron chi connectivity index (χ3n) is 7.80. The standard InChI is InChI=1S/C27H44O6/c1-2-27(24(28)31-21-15-9-3-4-10-16-21,25(29)32-22-17-11-5-6-12-18-22)26(30)33-23-19-13-7-8-14-20-23/h21-23H,2-20H2,1H3. The fourth-order valence-corrected chi connectivity index (χ4v) is 5.52. The molecule has 3 saturated carbocycles. The monoisotopic (exact) mass is 464 g/mol. The van der Waals surface area contributed by atoms with Crippen molar-refractivity contribution in [3.63, 3.8) is 0 Å². The van der Waals surface area contributed by atoms with Crippen LogP contribution in [0.15, 0.2) is 0 Å². The van der Waals surface area contributed by atoms with Crippen molar-refractivity contribution in [1.82, 2.24) is 0 Å². The molecule has 0 heterocycles. The predicted molar refractivity (Wildman–Crippen MR) is 125 cm³/mol. The third kappa shape index (κ3) is 7.19. The molecular weight excluding hydrogens is 420 g/mol. The quantitative estimate of drug-likeness (QED) is 0.194. The van der Waals surface area contributed by atoms with Crippen molar-refractivity contribution in [1.29, 1.82) is 0 Å². The van der Waals surface area contributed by atoms with Crippen LogP contribution in [0.5, 0.6) is 0 Å². The van der Waals surface area contributed by atoms with E-state index in [-0.39, 0.29) is 24.7 Å². The Balaban J connectivity index is 1.79. The fraction of sp³-hybridized carbons (Fsp3) is 0.889. The van der Waals surface area contributed by atoms with Gasteiger partial charge in [-0.2, -0.15) is 0 Å². The summed E-state index contributed by atoms with van der Waals surface area (Å²) in [5.41, 5.74) is -2.02. The average Bonchev–Trinajstić information content (AvgIpc) is 3.31. The van der Waals surface area contributed by atoms with Crippen LogP contribution in [0.1, 0.15) is 129 Å². The summed E-state index contributed by atoms with van der Waals surface area (Å²) in [4.78, 5) is 40.7. The molecule has 0 aliphatic heterocycles. The van der Waals surface area contributed by atoms with Gasteiger partial charge in [-0.15, -0.1) is 0 Å². The van der Waals surface area contributed by atoms with Crippen molar-refractivity contribution in [2.45, 2.75) is 147 Å². The van der Waals surface area contributed by atoms with Crippen molar-refractivity contribution in [3.8, 4) is 0 Å². The molecular formula is C27H44O6. The molecule has 0 aromatic heterocycles. The van der Waals surface area contributed by atoms with Crippen LogP contribution in [-0.4, -0.2) is 36.2 Å². The van der Waals surface area contributed by atoms with Gasteiger partial charge >= 0.3 is 17.9 Å². The maximum atomic E-state index is 13.6. The lowest BCUT2D eigenvalue weighted by atomic mass is 9.84. The van der Waals surface area contributed by atoms with Gasteiger partial charge in [-0.25, -0.2) is 0 Å². The Labute approximate surface area is 199 Å². The van der Waals surface area contributed by atoms with Gasteiger partial charge in [-0.05, 0) is 83.5 Å². The SMILES string of the molecule is CCC(C(=O)OC1CCCCCC1)(C(=O)OC1CCCCCC1)C(=O)OC1CCCCCC1. The summed E-state index contributed by atoms with van der Waals surface area (Å²) in [6.45, 7) is 1.69. The van der Waals surface area contributed by atoms with Gasteiger partial charge in [0.05, 0.1) is 0 Å². The third-order valence-corrected chi connectivity index (χ3v) is 7.80. The van der Waals surface area contributed by atoms with Gasteiger partial charge in [0.2, 0.25) is 0 Å². The van der Waals surface area contributed by atoms with E-state index >= 15 is 0 Å². The highest BCUT2D eigenvalue weighted by molar-refractivity contribution is 6.18. The fourth-order valence-electron chi connectivity index (χ4n) is 5.52. The molecule has 0 saturated heterocycles. The summed E-state index contributed by atoms with van der Waals surface area (Å²) in [7, 11) is 0. The predicted octanol–water partition coefficient (Wildman–Crippen LogP) is 6.18. The molecule has 0 aromatic rings. The van der Waals surface area contributed by atoms with Crippen LogP contribution < -0.4 is 0 Å². The van der Waals surface area contributed by atoms with Crippen LogP contribution in [0.25, 0.3) is 0 Å². The minimum atomic E-state index is -2.02. The Morgan fingerprint density at radius 2 is 0.758 bits per heavy atom. The molecule has 3 aliphatic carbocycles. The molecule has 0 unspecified atom stereocenters. The van der Waals surface area contributed by atoms with Crippen LogP contribution in [0.3, 0.4) is 0 Å². The smallest absolute Gasteiger partial charge is 0.335 e. The minimum Gasteiger partial charge on any atom is -0.461 e. The largest absolute Gasteiger partial charge is 0.461 e.